The Labute approximate surface area is 173 Å². The third-order valence-corrected chi connectivity index (χ3v) is 6.83. The normalized spacial score (nSPS) is 22.6. The van der Waals surface area contributed by atoms with E-state index < -0.39 is 0 Å². The second kappa shape index (κ2) is 6.47. The molecule has 1 aliphatic carbocycles. The van der Waals surface area contributed by atoms with Gasteiger partial charge in [0.25, 0.3) is 0 Å². The van der Waals surface area contributed by atoms with Crippen LogP contribution < -0.4 is 5.01 Å². The van der Waals surface area contributed by atoms with E-state index in [9.17, 15) is 0 Å². The number of aromatic nitrogens is 1. The Morgan fingerprint density at radius 2 is 2.00 bits per heavy atom. The summed E-state index contributed by atoms with van der Waals surface area (Å²) < 4.78 is 0.476. The Kier molecular flexibility index (Phi) is 3.76. The van der Waals surface area contributed by atoms with Crippen LogP contribution in [0.2, 0.25) is 0 Å². The number of benzene rings is 1. The van der Waals surface area contributed by atoms with Gasteiger partial charge in [0, 0.05) is 5.39 Å². The molecule has 0 saturated heterocycles. The molecule has 2 aromatic heterocycles. The van der Waals surface area contributed by atoms with Gasteiger partial charge in [-0.15, -0.1) is 15.9 Å². The molecule has 5 nitrogen and oxygen atoms in total. The maximum absolute atomic E-state index is 4.98. The van der Waals surface area contributed by atoms with Gasteiger partial charge in [-0.1, -0.05) is 18.2 Å². The number of fused-ring (bicyclic) bond motifs is 2. The van der Waals surface area contributed by atoms with Gasteiger partial charge in [0.2, 0.25) is 12.0 Å². The number of aliphatic imine (C=N–C) groups is 2. The average Bonchev–Trinajstić information content (AvgIpc) is 3.40. The number of hydrogen-bond donors (Lipinski definition) is 0. The summed E-state index contributed by atoms with van der Waals surface area (Å²) in [6, 6.07) is 15.5. The Morgan fingerprint density at radius 3 is 2.83 bits per heavy atom. The summed E-state index contributed by atoms with van der Waals surface area (Å²) in [4.78, 5) is 15.0. The molecule has 1 atom stereocenters. The first-order chi connectivity index (χ1) is 14.3. The molecule has 1 unspecified atom stereocenters. The molecule has 6 rings (SSSR count). The number of nitrogens with zero attached hydrogens (tertiary/aromatic N) is 5. The van der Waals surface area contributed by atoms with Crippen molar-refractivity contribution in [3.63, 3.8) is 0 Å². The zero-order valence-electron chi connectivity index (χ0n) is 15.8. The lowest BCUT2D eigenvalue weighted by Crippen LogP contribution is -2.61. The highest BCUT2D eigenvalue weighted by molar-refractivity contribution is 7.13. The molecule has 1 fully saturated rings. The van der Waals surface area contributed by atoms with E-state index in [1.54, 1.807) is 11.3 Å². The van der Waals surface area contributed by atoms with Crippen molar-refractivity contribution in [2.45, 2.75) is 25.3 Å². The highest BCUT2D eigenvalue weighted by Gasteiger charge is 2.46. The van der Waals surface area contributed by atoms with Gasteiger partial charge in [0.15, 0.2) is 6.20 Å². The summed E-state index contributed by atoms with van der Waals surface area (Å²) >= 11 is 1.72. The van der Waals surface area contributed by atoms with Crippen LogP contribution in [0, 0.1) is 0 Å². The fourth-order valence-corrected chi connectivity index (χ4v) is 4.94. The molecule has 1 saturated carbocycles. The SMILES string of the molecule is C1=C[N+]2(N(c3ccc4ccc(-c5cccs5)nc4c3)C3CCC3)C=NC=C2C=N1. The van der Waals surface area contributed by atoms with Crippen molar-refractivity contribution in [2.75, 3.05) is 5.01 Å². The molecule has 6 heteroatoms. The van der Waals surface area contributed by atoms with Crippen LogP contribution in [0.15, 0.2) is 82.1 Å². The van der Waals surface area contributed by atoms with Gasteiger partial charge in [0.1, 0.15) is 0 Å². The molecule has 0 bridgehead atoms. The fraction of sp³-hybridized carbons (Fsp3) is 0.174. The van der Waals surface area contributed by atoms with Crippen molar-refractivity contribution in [2.24, 2.45) is 9.98 Å². The van der Waals surface area contributed by atoms with E-state index in [2.05, 4.69) is 69.0 Å². The van der Waals surface area contributed by atoms with Crippen LogP contribution in [0.1, 0.15) is 19.3 Å². The summed E-state index contributed by atoms with van der Waals surface area (Å²) in [6.45, 7) is 0. The number of anilines is 1. The lowest BCUT2D eigenvalue weighted by molar-refractivity contribution is -0.746. The maximum atomic E-state index is 4.98. The molecular weight excluding hydrogens is 378 g/mol. The smallest absolute Gasteiger partial charge is 0.225 e. The highest BCUT2D eigenvalue weighted by Crippen LogP contribution is 2.40. The van der Waals surface area contributed by atoms with Crippen LogP contribution in [0.5, 0.6) is 0 Å². The lowest BCUT2D eigenvalue weighted by atomic mass is 9.91. The predicted octanol–water partition coefficient (Wildman–Crippen LogP) is 5.49. The molecule has 0 spiro atoms. The minimum Gasteiger partial charge on any atom is -0.253 e. The molecule has 0 N–H and O–H groups in total. The second-order valence-electron chi connectivity index (χ2n) is 7.61. The Morgan fingerprint density at radius 1 is 1.07 bits per heavy atom. The Balaban J connectivity index is 1.49. The molecule has 3 aliphatic rings. The summed E-state index contributed by atoms with van der Waals surface area (Å²) in [5.41, 5.74) is 4.28. The van der Waals surface area contributed by atoms with E-state index in [1.807, 2.05) is 25.0 Å². The average molecular weight is 399 g/mol. The van der Waals surface area contributed by atoms with Gasteiger partial charge >= 0.3 is 0 Å². The molecule has 4 heterocycles. The summed E-state index contributed by atoms with van der Waals surface area (Å²) in [7, 11) is 0. The van der Waals surface area contributed by atoms with Gasteiger partial charge in [0.05, 0.1) is 46.4 Å². The van der Waals surface area contributed by atoms with E-state index in [0.717, 1.165) is 28.0 Å². The molecule has 0 radical (unpaired) electrons. The molecule has 0 amide bonds. The zero-order valence-corrected chi connectivity index (χ0v) is 16.7. The largest absolute Gasteiger partial charge is 0.253 e. The summed E-state index contributed by atoms with van der Waals surface area (Å²) in [6.07, 6.45) is 13.4. The van der Waals surface area contributed by atoms with Gasteiger partial charge < -0.3 is 0 Å². The predicted molar refractivity (Wildman–Crippen MR) is 120 cm³/mol. The van der Waals surface area contributed by atoms with Crippen LogP contribution in [0.25, 0.3) is 21.5 Å². The summed E-state index contributed by atoms with van der Waals surface area (Å²) in [5, 5.41) is 5.72. The molecule has 29 heavy (non-hydrogen) atoms. The quantitative estimate of drug-likeness (QED) is 0.545. The second-order valence-corrected chi connectivity index (χ2v) is 8.56. The van der Waals surface area contributed by atoms with Crippen LogP contribution in [0.3, 0.4) is 0 Å². The molecule has 142 valence electrons. The highest BCUT2D eigenvalue weighted by atomic mass is 32.1. The van der Waals surface area contributed by atoms with Crippen molar-refractivity contribution < 1.29 is 4.59 Å². The molecule has 1 aromatic carbocycles. The van der Waals surface area contributed by atoms with E-state index >= 15 is 0 Å². The lowest BCUT2D eigenvalue weighted by Gasteiger charge is -2.46. The van der Waals surface area contributed by atoms with Crippen molar-refractivity contribution in [3.05, 3.63) is 72.1 Å². The van der Waals surface area contributed by atoms with Crippen molar-refractivity contribution in [1.29, 1.82) is 0 Å². The Hall–Kier alpha value is -3.09. The monoisotopic (exact) mass is 398 g/mol. The number of pyridine rings is 1. The van der Waals surface area contributed by atoms with Gasteiger partial charge in [-0.2, -0.15) is 0 Å². The number of allylic oxidation sites excluding steroid dienone is 1. The first-order valence-electron chi connectivity index (χ1n) is 9.92. The fourth-order valence-electron chi connectivity index (χ4n) is 4.25. The first kappa shape index (κ1) is 16.8. The topological polar surface area (TPSA) is 40.9 Å². The zero-order chi connectivity index (χ0) is 19.3. The van der Waals surface area contributed by atoms with Gasteiger partial charge in [-0.3, -0.25) is 4.99 Å². The number of thiophene rings is 1. The standard InChI is InChI=1S/C23H20N5S/c1-3-18(4-1)27(28-11-10-24-14-20(28)15-25-16-28)19-8-6-17-7-9-21(26-22(17)13-19)23-5-2-12-29-23/h2,5-16,18H,1,3-4H2/q+1. The van der Waals surface area contributed by atoms with Crippen LogP contribution >= 0.6 is 11.3 Å². The van der Waals surface area contributed by atoms with Gasteiger partial charge in [-0.05, 0) is 48.9 Å². The Bertz CT molecular complexity index is 1200. The molecule has 2 aliphatic heterocycles. The number of quaternary nitrogens is 1. The minimum atomic E-state index is 0.469. The van der Waals surface area contributed by atoms with Crippen LogP contribution in [0.4, 0.5) is 5.69 Å². The third kappa shape index (κ3) is 2.60. The minimum absolute atomic E-state index is 0.469. The van der Waals surface area contributed by atoms with Crippen molar-refractivity contribution in [1.82, 2.24) is 4.98 Å². The van der Waals surface area contributed by atoms with E-state index in [0.29, 0.717) is 10.6 Å². The maximum Gasteiger partial charge on any atom is 0.225 e. The van der Waals surface area contributed by atoms with E-state index in [1.165, 1.54) is 24.1 Å². The number of rotatable bonds is 4. The number of hydrogen-bond acceptors (Lipinski definition) is 5. The summed E-state index contributed by atoms with van der Waals surface area (Å²) in [5.74, 6) is 0. The first-order valence-corrected chi connectivity index (χ1v) is 10.8. The van der Waals surface area contributed by atoms with Crippen LogP contribution in [-0.2, 0) is 0 Å². The molecular formula is C23H20N5S+. The van der Waals surface area contributed by atoms with Gasteiger partial charge in [-0.25, -0.2) is 15.0 Å². The van der Waals surface area contributed by atoms with Crippen LogP contribution in [-0.4, -0.2) is 28.2 Å². The van der Waals surface area contributed by atoms with E-state index in [-0.39, 0.29) is 0 Å². The van der Waals surface area contributed by atoms with E-state index in [4.69, 9.17) is 4.98 Å². The third-order valence-electron chi connectivity index (χ3n) is 5.94. The molecule has 3 aromatic rings. The van der Waals surface area contributed by atoms with Crippen molar-refractivity contribution in [3.8, 4) is 10.6 Å². The van der Waals surface area contributed by atoms with Crippen molar-refractivity contribution >= 4 is 40.5 Å².